The van der Waals surface area contributed by atoms with Crippen molar-refractivity contribution < 1.29 is 9.22 Å². The van der Waals surface area contributed by atoms with Gasteiger partial charge in [-0.1, -0.05) is 6.58 Å². The molecule has 64 valence electrons. The van der Waals surface area contributed by atoms with Crippen LogP contribution in [0, 0.1) is 0 Å². The molecule has 0 bridgehead atoms. The molecule has 0 atom stereocenters. The zero-order chi connectivity index (χ0) is 8.69. The average molecular weight is 159 g/mol. The summed E-state index contributed by atoms with van der Waals surface area (Å²) < 4.78 is 17.2. The molecule has 0 unspecified atom stereocenters. The Bertz CT molecular complexity index is 143. The van der Waals surface area contributed by atoms with Gasteiger partial charge in [0.1, 0.15) is 12.4 Å². The summed E-state index contributed by atoms with van der Waals surface area (Å²) in [7, 11) is 1.35. The zero-order valence-corrected chi connectivity index (χ0v) is 7.01. The number of hydrogen-bond acceptors (Lipinski definition) is 2. The first kappa shape index (κ1) is 10.2. The SMILES string of the molecule is C=C/C(=C\C)OCCN(C)F. The molecule has 0 aliphatic heterocycles. The van der Waals surface area contributed by atoms with Crippen LogP contribution < -0.4 is 0 Å². The van der Waals surface area contributed by atoms with E-state index in [1.807, 2.05) is 6.92 Å². The molecule has 0 spiro atoms. The van der Waals surface area contributed by atoms with Gasteiger partial charge in [0.2, 0.25) is 0 Å². The standard InChI is InChI=1S/C8H14FNO/c1-4-8(5-2)11-7-6-10(3)9/h4-5H,1,6-7H2,2-3H3/b8-5+. The predicted molar refractivity (Wildman–Crippen MR) is 43.6 cm³/mol. The molecule has 0 rings (SSSR count). The third-order valence-corrected chi connectivity index (χ3v) is 1.15. The number of rotatable bonds is 5. The van der Waals surface area contributed by atoms with E-state index in [9.17, 15) is 4.48 Å². The van der Waals surface area contributed by atoms with Crippen LogP contribution in [0.2, 0.25) is 0 Å². The van der Waals surface area contributed by atoms with Crippen LogP contribution >= 0.6 is 0 Å². The Morgan fingerprint density at radius 1 is 1.73 bits per heavy atom. The number of likely N-dealkylation sites (N-methyl/N-ethyl adjacent to an activating group) is 1. The topological polar surface area (TPSA) is 12.5 Å². The number of allylic oxidation sites excluding steroid dienone is 2. The van der Waals surface area contributed by atoms with Crippen LogP contribution in [-0.2, 0) is 4.74 Å². The maximum absolute atomic E-state index is 12.1. The van der Waals surface area contributed by atoms with E-state index in [-0.39, 0.29) is 6.54 Å². The second-order valence-electron chi connectivity index (χ2n) is 2.07. The third kappa shape index (κ3) is 5.61. The summed E-state index contributed by atoms with van der Waals surface area (Å²) in [5.74, 6) is 0.687. The van der Waals surface area contributed by atoms with Gasteiger partial charge in [0.25, 0.3) is 0 Å². The fourth-order valence-electron chi connectivity index (χ4n) is 0.549. The minimum Gasteiger partial charge on any atom is -0.493 e. The highest BCUT2D eigenvalue weighted by atomic mass is 19.2. The summed E-state index contributed by atoms with van der Waals surface area (Å²) in [4.78, 5) is 0. The van der Waals surface area contributed by atoms with E-state index in [0.29, 0.717) is 17.5 Å². The molecule has 0 saturated heterocycles. The van der Waals surface area contributed by atoms with E-state index in [2.05, 4.69) is 6.58 Å². The van der Waals surface area contributed by atoms with E-state index in [4.69, 9.17) is 4.74 Å². The minimum atomic E-state index is 0.269. The van der Waals surface area contributed by atoms with Gasteiger partial charge >= 0.3 is 0 Å². The van der Waals surface area contributed by atoms with Crippen molar-refractivity contribution in [3.05, 3.63) is 24.5 Å². The highest BCUT2D eigenvalue weighted by Gasteiger charge is 1.94. The summed E-state index contributed by atoms with van der Waals surface area (Å²) in [5.41, 5.74) is 0. The molecule has 0 aromatic carbocycles. The van der Waals surface area contributed by atoms with Crippen LogP contribution in [0.4, 0.5) is 4.48 Å². The maximum Gasteiger partial charge on any atom is 0.114 e. The zero-order valence-electron chi connectivity index (χ0n) is 7.01. The first-order chi connectivity index (χ1) is 5.20. The fraction of sp³-hybridized carbons (Fsp3) is 0.500. The van der Waals surface area contributed by atoms with Crippen molar-refractivity contribution in [3.8, 4) is 0 Å². The van der Waals surface area contributed by atoms with Crippen LogP contribution in [0.5, 0.6) is 0 Å². The lowest BCUT2D eigenvalue weighted by atomic mass is 10.4. The van der Waals surface area contributed by atoms with Gasteiger partial charge in [-0.15, -0.1) is 9.60 Å². The Labute approximate surface area is 66.9 Å². The monoisotopic (exact) mass is 159 g/mol. The summed E-state index contributed by atoms with van der Waals surface area (Å²) in [6, 6.07) is 0. The fourth-order valence-corrected chi connectivity index (χ4v) is 0.549. The second kappa shape index (κ2) is 5.92. The van der Waals surface area contributed by atoms with E-state index >= 15 is 0 Å². The van der Waals surface area contributed by atoms with Crippen LogP contribution in [-0.4, -0.2) is 25.3 Å². The van der Waals surface area contributed by atoms with Crippen molar-refractivity contribution >= 4 is 0 Å². The van der Waals surface area contributed by atoms with Crippen molar-refractivity contribution in [3.63, 3.8) is 0 Å². The molecular formula is C8H14FNO. The lowest BCUT2D eigenvalue weighted by Crippen LogP contribution is -2.13. The van der Waals surface area contributed by atoms with Gasteiger partial charge in [-0.2, -0.15) is 0 Å². The van der Waals surface area contributed by atoms with Crippen molar-refractivity contribution in [1.29, 1.82) is 0 Å². The molecule has 0 amide bonds. The van der Waals surface area contributed by atoms with E-state index in [1.165, 1.54) is 7.05 Å². The summed E-state index contributed by atoms with van der Waals surface area (Å²) in [6.45, 7) is 5.99. The van der Waals surface area contributed by atoms with Crippen molar-refractivity contribution in [2.45, 2.75) is 6.92 Å². The Morgan fingerprint density at radius 3 is 2.73 bits per heavy atom. The van der Waals surface area contributed by atoms with Gasteiger partial charge < -0.3 is 4.74 Å². The van der Waals surface area contributed by atoms with E-state index < -0.39 is 0 Å². The van der Waals surface area contributed by atoms with Crippen molar-refractivity contribution in [2.75, 3.05) is 20.2 Å². The Kier molecular flexibility index (Phi) is 5.47. The van der Waals surface area contributed by atoms with Gasteiger partial charge in [0, 0.05) is 7.05 Å². The molecule has 0 aliphatic carbocycles. The number of ether oxygens (including phenoxy) is 1. The Morgan fingerprint density at radius 2 is 2.36 bits per heavy atom. The van der Waals surface area contributed by atoms with Gasteiger partial charge in [0.15, 0.2) is 0 Å². The predicted octanol–water partition coefficient (Wildman–Crippen LogP) is 1.91. The molecule has 0 fully saturated rings. The van der Waals surface area contributed by atoms with Gasteiger partial charge in [-0.25, -0.2) is 0 Å². The highest BCUT2D eigenvalue weighted by molar-refractivity contribution is 5.06. The molecule has 0 aliphatic rings. The first-order valence-electron chi connectivity index (χ1n) is 3.49. The molecule has 0 aromatic heterocycles. The first-order valence-corrected chi connectivity index (χ1v) is 3.49. The Hall–Kier alpha value is -0.830. The molecule has 0 heterocycles. The van der Waals surface area contributed by atoms with Crippen molar-refractivity contribution in [2.24, 2.45) is 0 Å². The second-order valence-corrected chi connectivity index (χ2v) is 2.07. The lowest BCUT2D eigenvalue weighted by Gasteiger charge is -2.07. The van der Waals surface area contributed by atoms with E-state index in [0.717, 1.165) is 0 Å². The molecule has 2 nitrogen and oxygen atoms in total. The van der Waals surface area contributed by atoms with Crippen LogP contribution in [0.25, 0.3) is 0 Å². The summed E-state index contributed by atoms with van der Waals surface area (Å²) >= 11 is 0. The van der Waals surface area contributed by atoms with E-state index in [1.54, 1.807) is 12.2 Å². The largest absolute Gasteiger partial charge is 0.493 e. The normalized spacial score (nSPS) is 11.8. The smallest absolute Gasteiger partial charge is 0.114 e. The molecule has 0 saturated carbocycles. The van der Waals surface area contributed by atoms with Gasteiger partial charge in [0.05, 0.1) is 6.54 Å². The Balaban J connectivity index is 3.45. The summed E-state index contributed by atoms with van der Waals surface area (Å²) in [6.07, 6.45) is 3.38. The molecular weight excluding hydrogens is 145 g/mol. The minimum absolute atomic E-state index is 0.269. The highest BCUT2D eigenvalue weighted by Crippen LogP contribution is 1.97. The van der Waals surface area contributed by atoms with Gasteiger partial charge in [-0.3, -0.25) is 0 Å². The molecule has 0 radical (unpaired) electrons. The maximum atomic E-state index is 12.1. The van der Waals surface area contributed by atoms with Crippen molar-refractivity contribution in [1.82, 2.24) is 5.12 Å². The van der Waals surface area contributed by atoms with Crippen LogP contribution in [0.15, 0.2) is 24.5 Å². The molecule has 0 N–H and O–H groups in total. The number of nitrogens with zero attached hydrogens (tertiary/aromatic N) is 1. The third-order valence-electron chi connectivity index (χ3n) is 1.15. The number of hydrogen-bond donors (Lipinski definition) is 0. The number of halogens is 1. The van der Waals surface area contributed by atoms with Crippen LogP contribution in [0.1, 0.15) is 6.92 Å². The molecule has 11 heavy (non-hydrogen) atoms. The molecule has 0 aromatic rings. The molecule has 3 heteroatoms. The lowest BCUT2D eigenvalue weighted by molar-refractivity contribution is 0.0341. The van der Waals surface area contributed by atoms with Crippen LogP contribution in [0.3, 0.4) is 0 Å². The summed E-state index contributed by atoms with van der Waals surface area (Å²) in [5, 5.41) is 0.580. The van der Waals surface area contributed by atoms with Gasteiger partial charge in [-0.05, 0) is 19.1 Å². The quantitative estimate of drug-likeness (QED) is 0.345. The average Bonchev–Trinajstić information content (AvgIpc) is 1.98.